The van der Waals surface area contributed by atoms with Crippen LogP contribution in [0.1, 0.15) is 16.1 Å². The van der Waals surface area contributed by atoms with Gasteiger partial charge in [0.2, 0.25) is 0 Å². The summed E-state index contributed by atoms with van der Waals surface area (Å²) in [6.45, 7) is 4.09. The van der Waals surface area contributed by atoms with E-state index in [0.29, 0.717) is 24.5 Å². The number of aromatic nitrogens is 1. The lowest BCUT2D eigenvalue weighted by atomic mass is 10.1. The van der Waals surface area contributed by atoms with E-state index in [1.165, 1.54) is 5.56 Å². The number of hydrogen-bond donors (Lipinski definition) is 0. The van der Waals surface area contributed by atoms with Gasteiger partial charge in [-0.1, -0.05) is 47.6 Å². The molecule has 2 aromatic carbocycles. The highest BCUT2D eigenvalue weighted by Crippen LogP contribution is 2.21. The predicted molar refractivity (Wildman–Crippen MR) is 111 cm³/mol. The fourth-order valence-corrected chi connectivity index (χ4v) is 3.57. The largest absolute Gasteiger partial charge is 0.497 e. The first-order chi connectivity index (χ1) is 14.2. The number of carbonyl (C=O) groups excluding carboxylic acids is 1. The van der Waals surface area contributed by atoms with Gasteiger partial charge in [0.25, 0.3) is 5.91 Å². The molecule has 0 aliphatic carbocycles. The maximum absolute atomic E-state index is 12.8. The van der Waals surface area contributed by atoms with Crippen LogP contribution >= 0.6 is 0 Å². The number of ether oxygens (including phenoxy) is 1. The summed E-state index contributed by atoms with van der Waals surface area (Å²) >= 11 is 0. The van der Waals surface area contributed by atoms with Gasteiger partial charge in [-0.3, -0.25) is 9.69 Å². The average Bonchev–Trinajstić information content (AvgIpc) is 3.29. The molecule has 3 aromatic rings. The van der Waals surface area contributed by atoms with Crippen molar-refractivity contribution in [2.24, 2.45) is 0 Å². The minimum absolute atomic E-state index is 0.0663. The third-order valence-corrected chi connectivity index (χ3v) is 5.30. The summed E-state index contributed by atoms with van der Waals surface area (Å²) in [6, 6.07) is 19.6. The van der Waals surface area contributed by atoms with E-state index in [2.05, 4.69) is 22.2 Å². The maximum Gasteiger partial charge on any atom is 0.276 e. The highest BCUT2D eigenvalue weighted by molar-refractivity contribution is 5.93. The van der Waals surface area contributed by atoms with Gasteiger partial charge in [-0.15, -0.1) is 0 Å². The number of amides is 1. The van der Waals surface area contributed by atoms with Crippen molar-refractivity contribution in [2.75, 3.05) is 39.8 Å². The Morgan fingerprint density at radius 3 is 2.59 bits per heavy atom. The van der Waals surface area contributed by atoms with E-state index in [-0.39, 0.29) is 5.91 Å². The Bertz CT molecular complexity index is 947. The van der Waals surface area contributed by atoms with E-state index >= 15 is 0 Å². The van der Waals surface area contributed by atoms with Gasteiger partial charge >= 0.3 is 0 Å². The molecule has 0 spiro atoms. The van der Waals surface area contributed by atoms with Gasteiger partial charge in [-0.2, -0.15) is 0 Å². The first-order valence-corrected chi connectivity index (χ1v) is 9.89. The van der Waals surface area contributed by atoms with Crippen molar-refractivity contribution in [2.45, 2.75) is 6.42 Å². The van der Waals surface area contributed by atoms with Crippen LogP contribution in [-0.4, -0.2) is 60.7 Å². The highest BCUT2D eigenvalue weighted by atomic mass is 16.5. The van der Waals surface area contributed by atoms with E-state index in [1.807, 2.05) is 47.4 Å². The normalized spacial score (nSPS) is 14.7. The van der Waals surface area contributed by atoms with E-state index in [0.717, 1.165) is 37.4 Å². The Hall–Kier alpha value is -3.12. The molecule has 6 heteroatoms. The van der Waals surface area contributed by atoms with E-state index in [9.17, 15) is 4.79 Å². The van der Waals surface area contributed by atoms with Crippen LogP contribution in [0.3, 0.4) is 0 Å². The topological polar surface area (TPSA) is 58.8 Å². The summed E-state index contributed by atoms with van der Waals surface area (Å²) in [5.41, 5.74) is 2.55. The zero-order chi connectivity index (χ0) is 20.1. The smallest absolute Gasteiger partial charge is 0.276 e. The fourth-order valence-electron chi connectivity index (χ4n) is 3.57. The van der Waals surface area contributed by atoms with Crippen molar-refractivity contribution < 1.29 is 14.1 Å². The van der Waals surface area contributed by atoms with Gasteiger partial charge in [-0.25, -0.2) is 0 Å². The van der Waals surface area contributed by atoms with Crippen LogP contribution in [-0.2, 0) is 6.42 Å². The number of hydrogen-bond acceptors (Lipinski definition) is 5. The quantitative estimate of drug-likeness (QED) is 0.645. The van der Waals surface area contributed by atoms with Crippen LogP contribution in [0.2, 0.25) is 0 Å². The summed E-state index contributed by atoms with van der Waals surface area (Å²) in [5, 5.41) is 3.99. The van der Waals surface area contributed by atoms with E-state index in [1.54, 1.807) is 13.2 Å². The van der Waals surface area contributed by atoms with Crippen LogP contribution in [0.15, 0.2) is 65.2 Å². The molecule has 1 aromatic heterocycles. The van der Waals surface area contributed by atoms with Gasteiger partial charge < -0.3 is 14.2 Å². The van der Waals surface area contributed by atoms with Gasteiger partial charge in [-0.05, 0) is 24.1 Å². The Labute approximate surface area is 170 Å². The Kier molecular flexibility index (Phi) is 5.91. The molecule has 0 radical (unpaired) electrons. The second kappa shape index (κ2) is 8.92. The van der Waals surface area contributed by atoms with Crippen molar-refractivity contribution in [3.8, 4) is 17.1 Å². The monoisotopic (exact) mass is 391 g/mol. The lowest BCUT2D eigenvalue weighted by Gasteiger charge is -2.34. The van der Waals surface area contributed by atoms with E-state index < -0.39 is 0 Å². The number of piperazine rings is 1. The molecule has 1 amide bonds. The van der Waals surface area contributed by atoms with Crippen LogP contribution in [0, 0.1) is 0 Å². The molecule has 0 N–H and O–H groups in total. The maximum atomic E-state index is 12.8. The predicted octanol–water partition coefficient (Wildman–Crippen LogP) is 3.35. The molecule has 2 heterocycles. The minimum atomic E-state index is -0.0663. The van der Waals surface area contributed by atoms with Gasteiger partial charge in [0.15, 0.2) is 11.5 Å². The average molecular weight is 391 g/mol. The molecule has 1 aliphatic rings. The van der Waals surface area contributed by atoms with Gasteiger partial charge in [0.05, 0.1) is 7.11 Å². The molecule has 1 saturated heterocycles. The summed E-state index contributed by atoms with van der Waals surface area (Å²) in [7, 11) is 1.69. The Balaban J connectivity index is 1.29. The van der Waals surface area contributed by atoms with E-state index in [4.69, 9.17) is 9.26 Å². The first kappa shape index (κ1) is 19.2. The van der Waals surface area contributed by atoms with Crippen LogP contribution in [0.5, 0.6) is 5.75 Å². The zero-order valence-corrected chi connectivity index (χ0v) is 16.6. The number of carbonyl (C=O) groups is 1. The first-order valence-electron chi connectivity index (χ1n) is 9.89. The second-order valence-corrected chi connectivity index (χ2v) is 7.18. The standard InChI is InChI=1S/C23H25N3O3/c1-28-20-9-5-6-18(16-20)10-11-25-12-14-26(15-13-25)23(27)21-17-22(29-24-21)19-7-3-2-4-8-19/h2-9,16-17H,10-15H2,1H3. The number of nitrogens with zero attached hydrogens (tertiary/aromatic N) is 3. The molecule has 0 bridgehead atoms. The molecule has 6 nitrogen and oxygen atoms in total. The van der Waals surface area contributed by atoms with Crippen LogP contribution < -0.4 is 4.74 Å². The molecule has 1 fully saturated rings. The van der Waals surface area contributed by atoms with Crippen molar-refractivity contribution in [3.63, 3.8) is 0 Å². The summed E-state index contributed by atoms with van der Waals surface area (Å²) in [4.78, 5) is 17.0. The van der Waals surface area contributed by atoms with Crippen molar-refractivity contribution >= 4 is 5.91 Å². The third kappa shape index (κ3) is 4.66. The SMILES string of the molecule is COc1cccc(CCN2CCN(C(=O)c3cc(-c4ccccc4)on3)CC2)c1. The minimum Gasteiger partial charge on any atom is -0.497 e. The van der Waals surface area contributed by atoms with Crippen molar-refractivity contribution in [1.29, 1.82) is 0 Å². The number of methoxy groups -OCH3 is 1. The molecule has 4 rings (SSSR count). The van der Waals surface area contributed by atoms with Crippen molar-refractivity contribution in [3.05, 3.63) is 71.9 Å². The molecule has 1 aliphatic heterocycles. The lowest BCUT2D eigenvalue weighted by molar-refractivity contribution is 0.0628. The molecule has 0 saturated carbocycles. The Morgan fingerprint density at radius 1 is 1.03 bits per heavy atom. The third-order valence-electron chi connectivity index (χ3n) is 5.30. The van der Waals surface area contributed by atoms with Gasteiger partial charge in [0.1, 0.15) is 5.75 Å². The Morgan fingerprint density at radius 2 is 1.83 bits per heavy atom. The molecule has 0 atom stereocenters. The molecular weight excluding hydrogens is 366 g/mol. The summed E-state index contributed by atoms with van der Waals surface area (Å²) in [6.07, 6.45) is 0.967. The zero-order valence-electron chi connectivity index (χ0n) is 16.6. The highest BCUT2D eigenvalue weighted by Gasteiger charge is 2.24. The van der Waals surface area contributed by atoms with Gasteiger partial charge in [0, 0.05) is 44.4 Å². The molecule has 29 heavy (non-hydrogen) atoms. The molecular formula is C23H25N3O3. The number of rotatable bonds is 6. The summed E-state index contributed by atoms with van der Waals surface area (Å²) in [5.74, 6) is 1.44. The second-order valence-electron chi connectivity index (χ2n) is 7.18. The van der Waals surface area contributed by atoms with Crippen molar-refractivity contribution in [1.82, 2.24) is 15.0 Å². The van der Waals surface area contributed by atoms with Crippen LogP contribution in [0.4, 0.5) is 0 Å². The number of benzene rings is 2. The lowest BCUT2D eigenvalue weighted by Crippen LogP contribution is -2.49. The van der Waals surface area contributed by atoms with Crippen LogP contribution in [0.25, 0.3) is 11.3 Å². The molecule has 150 valence electrons. The summed E-state index contributed by atoms with van der Waals surface area (Å²) < 4.78 is 10.7. The fraction of sp³-hybridized carbons (Fsp3) is 0.304. The molecule has 0 unspecified atom stereocenters.